The van der Waals surface area contributed by atoms with E-state index in [1.54, 1.807) is 0 Å². The number of aromatic nitrogens is 4. The first-order chi connectivity index (χ1) is 28.8. The quantitative estimate of drug-likeness (QED) is 0.166. The molecule has 10 aromatic rings. The first-order valence-electron chi connectivity index (χ1n) is 20.3. The maximum absolute atomic E-state index is 8.95. The number of nitrogens with zero attached hydrogens (tertiary/aromatic N) is 4. The molecule has 0 atom stereocenters. The number of benzene rings is 7. The van der Waals surface area contributed by atoms with Crippen LogP contribution >= 0.6 is 0 Å². The Labute approximate surface area is 321 Å². The molecule has 7 aromatic carbocycles. The summed E-state index contributed by atoms with van der Waals surface area (Å²) in [5.41, 5.74) is 12.4. The Bertz CT molecular complexity index is 3200. The highest BCUT2D eigenvalue weighted by atomic mass is 15.1. The van der Waals surface area contributed by atoms with Crippen LogP contribution in [0.5, 0.6) is 0 Å². The number of para-hydroxylation sites is 3. The third-order valence-electron chi connectivity index (χ3n) is 9.80. The highest BCUT2D eigenvalue weighted by molar-refractivity contribution is 5.88. The number of hydrogen-bond donors (Lipinski definition) is 0. The number of imidazole rings is 2. The number of pyridine rings is 1. The van der Waals surface area contributed by atoms with Crippen molar-refractivity contribution in [3.8, 4) is 73.0 Å². The number of rotatable bonds is 7. The van der Waals surface area contributed by atoms with Crippen LogP contribution in [0, 0.1) is 0 Å². The molecular formula is C50H34N4. The minimum Gasteiger partial charge on any atom is -0.299 e. The molecule has 54 heavy (non-hydrogen) atoms. The van der Waals surface area contributed by atoms with Crippen LogP contribution in [-0.4, -0.2) is 18.9 Å². The van der Waals surface area contributed by atoms with Gasteiger partial charge in [-0.2, -0.15) is 0 Å². The van der Waals surface area contributed by atoms with Gasteiger partial charge in [0, 0.05) is 28.6 Å². The third kappa shape index (κ3) is 5.67. The van der Waals surface area contributed by atoms with E-state index in [9.17, 15) is 0 Å². The van der Waals surface area contributed by atoms with Crippen molar-refractivity contribution in [2.24, 2.45) is 0 Å². The smallest absolute Gasteiger partial charge is 0.145 e. The fourth-order valence-corrected chi connectivity index (χ4v) is 7.31. The van der Waals surface area contributed by atoms with E-state index >= 15 is 0 Å². The number of hydrogen-bond acceptors (Lipinski definition) is 2. The molecule has 4 heteroatoms. The molecule has 0 radical (unpaired) electrons. The molecule has 0 bridgehead atoms. The van der Waals surface area contributed by atoms with E-state index in [0.717, 1.165) is 78.5 Å². The van der Waals surface area contributed by atoms with Gasteiger partial charge in [-0.15, -0.1) is 0 Å². The summed E-state index contributed by atoms with van der Waals surface area (Å²) in [5, 5.41) is 0. The molecule has 0 amide bonds. The topological polar surface area (TPSA) is 35.1 Å². The molecule has 0 aliphatic rings. The van der Waals surface area contributed by atoms with Crippen molar-refractivity contribution in [2.45, 2.75) is 0 Å². The van der Waals surface area contributed by atoms with E-state index in [4.69, 9.17) is 16.8 Å². The molecule has 0 saturated carbocycles. The zero-order chi connectivity index (χ0) is 40.2. The van der Waals surface area contributed by atoms with Crippen molar-refractivity contribution >= 4 is 16.7 Å². The fraction of sp³-hybridized carbons (Fsp3) is 0. The van der Waals surface area contributed by atoms with Crippen LogP contribution < -0.4 is 0 Å². The van der Waals surface area contributed by atoms with Crippen molar-refractivity contribution in [1.29, 1.82) is 0 Å². The average Bonchev–Trinajstić information content (AvgIpc) is 3.88. The normalized spacial score (nSPS) is 12.6. The van der Waals surface area contributed by atoms with Crippen molar-refractivity contribution in [2.75, 3.05) is 0 Å². The standard InChI is InChI=1S/C50H34N4/c1-4-16-35(17-5-1)41-32-42(37-20-14-22-39(30-37)49-48(36-18-6-2-7-19-36)52-47-28-12-13-29-53(47)49)34-43(33-41)38-21-15-23-40(31-38)50-51-45-26-10-11-27-46(45)54(50)44-24-8-3-9-25-44/h1-34H/i1D,4D,5D,16D,17D. The molecule has 0 aliphatic heterocycles. The maximum Gasteiger partial charge on any atom is 0.145 e. The minimum absolute atomic E-state index is 0.144. The Balaban J connectivity index is 1.18. The molecule has 0 unspecified atom stereocenters. The second-order valence-corrected chi connectivity index (χ2v) is 13.2. The van der Waals surface area contributed by atoms with Crippen molar-refractivity contribution in [1.82, 2.24) is 18.9 Å². The summed E-state index contributed by atoms with van der Waals surface area (Å²) in [7, 11) is 0. The molecule has 0 aliphatic carbocycles. The third-order valence-corrected chi connectivity index (χ3v) is 9.80. The summed E-state index contributed by atoms with van der Waals surface area (Å²) in [4.78, 5) is 10.2. The largest absolute Gasteiger partial charge is 0.299 e. The predicted octanol–water partition coefficient (Wildman–Crippen LogP) is 12.7. The van der Waals surface area contributed by atoms with Crippen LogP contribution in [0.2, 0.25) is 0 Å². The van der Waals surface area contributed by atoms with Crippen LogP contribution in [0.25, 0.3) is 89.7 Å². The highest BCUT2D eigenvalue weighted by Gasteiger charge is 2.18. The molecule has 0 fully saturated rings. The predicted molar refractivity (Wildman–Crippen MR) is 222 cm³/mol. The summed E-state index contributed by atoms with van der Waals surface area (Å²) in [6, 6.07) is 55.1. The monoisotopic (exact) mass is 695 g/mol. The van der Waals surface area contributed by atoms with Crippen LogP contribution in [0.15, 0.2) is 206 Å². The van der Waals surface area contributed by atoms with Gasteiger partial charge in [0.05, 0.1) is 29.3 Å². The summed E-state index contributed by atoms with van der Waals surface area (Å²) in [6.07, 6.45) is 2.02. The van der Waals surface area contributed by atoms with Gasteiger partial charge in [0.25, 0.3) is 0 Å². The molecule has 254 valence electrons. The second kappa shape index (κ2) is 13.4. The fourth-order valence-electron chi connectivity index (χ4n) is 7.31. The summed E-state index contributed by atoms with van der Waals surface area (Å²) in [5.74, 6) is 0.788. The Morgan fingerprint density at radius 1 is 0.426 bits per heavy atom. The highest BCUT2D eigenvalue weighted by Crippen LogP contribution is 2.38. The molecule has 0 spiro atoms. The van der Waals surface area contributed by atoms with Gasteiger partial charge in [0.2, 0.25) is 0 Å². The van der Waals surface area contributed by atoms with Crippen molar-refractivity contribution in [3.63, 3.8) is 0 Å². The second-order valence-electron chi connectivity index (χ2n) is 13.2. The van der Waals surface area contributed by atoms with E-state index in [1.807, 2.05) is 121 Å². The SMILES string of the molecule is [2H]c1c([2H])c([2H])c(-c2cc(-c3cccc(-c4nc5ccccc5n4-c4ccccc4)c3)cc(-c3cccc(-c4c(-c5ccccc5)nc5ccccn45)c3)c2)c([2H])c1[2H]. The van der Waals surface area contributed by atoms with Gasteiger partial charge in [-0.1, -0.05) is 133 Å². The Kier molecular flexibility index (Phi) is 6.54. The average molecular weight is 696 g/mol. The Hall–Kier alpha value is -7.30. The van der Waals surface area contributed by atoms with E-state index in [2.05, 4.69) is 63.6 Å². The van der Waals surface area contributed by atoms with Crippen LogP contribution in [-0.2, 0) is 0 Å². The van der Waals surface area contributed by atoms with Crippen LogP contribution in [0.1, 0.15) is 6.85 Å². The lowest BCUT2D eigenvalue weighted by Crippen LogP contribution is -1.97. The van der Waals surface area contributed by atoms with Gasteiger partial charge in [-0.05, 0) is 100 Å². The molecule has 0 N–H and O–H groups in total. The Morgan fingerprint density at radius 2 is 1.00 bits per heavy atom. The van der Waals surface area contributed by atoms with Gasteiger partial charge >= 0.3 is 0 Å². The van der Waals surface area contributed by atoms with Gasteiger partial charge in [0.1, 0.15) is 11.5 Å². The molecule has 10 rings (SSSR count). The maximum atomic E-state index is 8.95. The van der Waals surface area contributed by atoms with Crippen molar-refractivity contribution < 1.29 is 6.85 Å². The van der Waals surface area contributed by atoms with Crippen LogP contribution in [0.3, 0.4) is 0 Å². The van der Waals surface area contributed by atoms with E-state index in [-0.39, 0.29) is 29.7 Å². The summed E-state index contributed by atoms with van der Waals surface area (Å²) in [6.45, 7) is 0. The first-order valence-corrected chi connectivity index (χ1v) is 17.8. The van der Waals surface area contributed by atoms with Gasteiger partial charge in [-0.25, -0.2) is 9.97 Å². The molecule has 4 nitrogen and oxygen atoms in total. The lowest BCUT2D eigenvalue weighted by Gasteiger charge is -2.14. The summed E-state index contributed by atoms with van der Waals surface area (Å²) >= 11 is 0. The first kappa shape index (κ1) is 26.5. The van der Waals surface area contributed by atoms with Gasteiger partial charge in [-0.3, -0.25) is 8.97 Å². The van der Waals surface area contributed by atoms with Gasteiger partial charge in [0.15, 0.2) is 0 Å². The lowest BCUT2D eigenvalue weighted by molar-refractivity contribution is 1.10. The Morgan fingerprint density at radius 3 is 1.76 bits per heavy atom. The van der Waals surface area contributed by atoms with E-state index < -0.39 is 6.04 Å². The van der Waals surface area contributed by atoms with Gasteiger partial charge < -0.3 is 0 Å². The molecule has 3 heterocycles. The molecular weight excluding hydrogens is 657 g/mol. The summed E-state index contributed by atoms with van der Waals surface area (Å²) < 4.78 is 47.5. The lowest BCUT2D eigenvalue weighted by atomic mass is 9.92. The zero-order valence-electron chi connectivity index (χ0n) is 34.0. The zero-order valence-corrected chi connectivity index (χ0v) is 29.0. The minimum atomic E-state index is -0.427. The van der Waals surface area contributed by atoms with E-state index in [0.29, 0.717) is 5.56 Å². The number of fused-ring (bicyclic) bond motifs is 2. The molecule has 3 aromatic heterocycles. The van der Waals surface area contributed by atoms with Crippen molar-refractivity contribution in [3.05, 3.63) is 206 Å². The van der Waals surface area contributed by atoms with E-state index in [1.165, 1.54) is 0 Å². The molecule has 0 saturated heterocycles. The van der Waals surface area contributed by atoms with Crippen LogP contribution in [0.4, 0.5) is 0 Å².